The van der Waals surface area contributed by atoms with Gasteiger partial charge in [0.05, 0.1) is 11.1 Å². The van der Waals surface area contributed by atoms with Gasteiger partial charge in [-0.1, -0.05) is 6.07 Å². The van der Waals surface area contributed by atoms with Crippen LogP contribution in [-0.2, 0) is 11.0 Å². The maximum atomic E-state index is 12.6. The number of carbonyl (C=O) groups is 1. The third-order valence-corrected chi connectivity index (χ3v) is 3.31. The molecule has 0 radical (unpaired) electrons. The van der Waals surface area contributed by atoms with E-state index in [-0.39, 0.29) is 22.7 Å². The molecular formula is C18H12F6N2O3. The molecule has 2 aromatic rings. The maximum Gasteiger partial charge on any atom is 0.422 e. The molecule has 1 amide bonds. The highest BCUT2D eigenvalue weighted by Gasteiger charge is 2.31. The molecule has 0 aliphatic rings. The fourth-order valence-corrected chi connectivity index (χ4v) is 2.09. The number of alkyl halides is 6. The summed E-state index contributed by atoms with van der Waals surface area (Å²) in [6.45, 7) is -2.21. The maximum absolute atomic E-state index is 12.6. The Kier molecular flexibility index (Phi) is 6.58. The molecule has 0 bridgehead atoms. The topological polar surface area (TPSA) is 71.4 Å². The number of benzene rings is 2. The minimum absolute atomic E-state index is 0.0681. The first-order valence-electron chi connectivity index (χ1n) is 7.81. The largest absolute Gasteiger partial charge is 0.484 e. The standard InChI is InChI=1S/C18H12F6N2O3/c19-17(20,21)10-29-15-5-4-13(6-11(15)8-25)26-16(27)9-28-14-3-1-2-12(7-14)18(22,23)24/h1-7H,9-10H2,(H,26,27). The Labute approximate surface area is 160 Å². The zero-order valence-corrected chi connectivity index (χ0v) is 14.4. The van der Waals surface area contributed by atoms with Crippen LogP contribution in [0.4, 0.5) is 32.0 Å². The molecule has 0 aliphatic heterocycles. The number of nitrogens with one attached hydrogen (secondary N) is 1. The Bertz CT molecular complexity index is 919. The molecular weight excluding hydrogens is 406 g/mol. The predicted octanol–water partition coefficient (Wildman–Crippen LogP) is 4.54. The van der Waals surface area contributed by atoms with Crippen molar-refractivity contribution in [2.24, 2.45) is 0 Å². The van der Waals surface area contributed by atoms with Gasteiger partial charge in [-0.15, -0.1) is 0 Å². The van der Waals surface area contributed by atoms with E-state index >= 15 is 0 Å². The number of anilines is 1. The van der Waals surface area contributed by atoms with Crippen LogP contribution in [0.25, 0.3) is 0 Å². The Morgan fingerprint density at radius 2 is 1.76 bits per heavy atom. The summed E-state index contributed by atoms with van der Waals surface area (Å²) >= 11 is 0. The van der Waals surface area contributed by atoms with Gasteiger partial charge in [0.15, 0.2) is 13.2 Å². The summed E-state index contributed by atoms with van der Waals surface area (Å²) in [5, 5.41) is 11.3. The molecule has 2 aromatic carbocycles. The SMILES string of the molecule is N#Cc1cc(NC(=O)COc2cccc(C(F)(F)F)c2)ccc1OCC(F)(F)F. The molecule has 0 heterocycles. The summed E-state index contributed by atoms with van der Waals surface area (Å²) in [5.41, 5.74) is -1.12. The summed E-state index contributed by atoms with van der Waals surface area (Å²) in [4.78, 5) is 11.9. The van der Waals surface area contributed by atoms with E-state index in [0.29, 0.717) is 0 Å². The lowest BCUT2D eigenvalue weighted by Gasteiger charge is -2.12. The van der Waals surface area contributed by atoms with Crippen molar-refractivity contribution in [2.45, 2.75) is 12.4 Å². The molecule has 0 saturated heterocycles. The van der Waals surface area contributed by atoms with Crippen molar-refractivity contribution < 1.29 is 40.6 Å². The third-order valence-electron chi connectivity index (χ3n) is 3.31. The quantitative estimate of drug-likeness (QED) is 0.700. The molecule has 5 nitrogen and oxygen atoms in total. The van der Waals surface area contributed by atoms with Crippen LogP contribution in [0.1, 0.15) is 11.1 Å². The number of amides is 1. The van der Waals surface area contributed by atoms with Crippen LogP contribution in [0.5, 0.6) is 11.5 Å². The summed E-state index contributed by atoms with van der Waals surface area (Å²) in [6.07, 6.45) is -9.15. The highest BCUT2D eigenvalue weighted by atomic mass is 19.4. The smallest absolute Gasteiger partial charge is 0.422 e. The van der Waals surface area contributed by atoms with Gasteiger partial charge in [-0.05, 0) is 36.4 Å². The highest BCUT2D eigenvalue weighted by Crippen LogP contribution is 2.31. The van der Waals surface area contributed by atoms with Crippen molar-refractivity contribution in [2.75, 3.05) is 18.5 Å². The lowest BCUT2D eigenvalue weighted by Crippen LogP contribution is -2.21. The van der Waals surface area contributed by atoms with Gasteiger partial charge in [0, 0.05) is 5.69 Å². The van der Waals surface area contributed by atoms with Crippen molar-refractivity contribution in [3.8, 4) is 17.6 Å². The first-order chi connectivity index (χ1) is 13.5. The average Bonchev–Trinajstić information content (AvgIpc) is 2.64. The van der Waals surface area contributed by atoms with Crippen LogP contribution in [0, 0.1) is 11.3 Å². The van der Waals surface area contributed by atoms with Crippen LogP contribution in [0.3, 0.4) is 0 Å². The summed E-state index contributed by atoms with van der Waals surface area (Å²) in [5.74, 6) is -1.25. The lowest BCUT2D eigenvalue weighted by molar-refractivity contribution is -0.153. The lowest BCUT2D eigenvalue weighted by atomic mass is 10.2. The van der Waals surface area contributed by atoms with Crippen molar-refractivity contribution >= 4 is 11.6 Å². The third kappa shape index (κ3) is 6.91. The van der Waals surface area contributed by atoms with Crippen LogP contribution in [0.2, 0.25) is 0 Å². The van der Waals surface area contributed by atoms with Gasteiger partial charge in [0.2, 0.25) is 0 Å². The fourth-order valence-electron chi connectivity index (χ4n) is 2.09. The van der Waals surface area contributed by atoms with E-state index in [4.69, 9.17) is 10.00 Å². The van der Waals surface area contributed by atoms with E-state index in [0.717, 1.165) is 30.3 Å². The van der Waals surface area contributed by atoms with E-state index in [1.54, 1.807) is 6.07 Å². The number of nitrogens with zero attached hydrogens (tertiary/aromatic N) is 1. The first kappa shape index (κ1) is 21.9. The molecule has 0 saturated carbocycles. The van der Waals surface area contributed by atoms with E-state index in [2.05, 4.69) is 10.1 Å². The number of hydrogen-bond donors (Lipinski definition) is 1. The van der Waals surface area contributed by atoms with E-state index in [9.17, 15) is 31.1 Å². The van der Waals surface area contributed by atoms with Crippen molar-refractivity contribution in [3.05, 3.63) is 53.6 Å². The number of ether oxygens (including phenoxy) is 2. The van der Waals surface area contributed by atoms with Crippen molar-refractivity contribution in [1.82, 2.24) is 0 Å². The van der Waals surface area contributed by atoms with Gasteiger partial charge in [-0.2, -0.15) is 31.6 Å². The second kappa shape index (κ2) is 8.72. The molecule has 0 aromatic heterocycles. The Balaban J connectivity index is 1.98. The molecule has 0 spiro atoms. The van der Waals surface area contributed by atoms with Gasteiger partial charge in [-0.3, -0.25) is 4.79 Å². The minimum Gasteiger partial charge on any atom is -0.484 e. The van der Waals surface area contributed by atoms with Gasteiger partial charge in [-0.25, -0.2) is 0 Å². The van der Waals surface area contributed by atoms with Crippen LogP contribution >= 0.6 is 0 Å². The summed E-state index contributed by atoms with van der Waals surface area (Å²) in [7, 11) is 0. The van der Waals surface area contributed by atoms with Crippen LogP contribution in [-0.4, -0.2) is 25.3 Å². The second-order valence-corrected chi connectivity index (χ2v) is 5.59. The Morgan fingerprint density at radius 1 is 1.03 bits per heavy atom. The molecule has 29 heavy (non-hydrogen) atoms. The molecule has 0 aliphatic carbocycles. The summed E-state index contributed by atoms with van der Waals surface area (Å²) in [6, 6.07) is 8.95. The first-order valence-corrected chi connectivity index (χ1v) is 7.81. The normalized spacial score (nSPS) is 11.5. The van der Waals surface area contributed by atoms with Crippen molar-refractivity contribution in [3.63, 3.8) is 0 Å². The molecule has 11 heteroatoms. The minimum atomic E-state index is -4.58. The van der Waals surface area contributed by atoms with Crippen LogP contribution < -0.4 is 14.8 Å². The van der Waals surface area contributed by atoms with E-state index in [1.807, 2.05) is 0 Å². The van der Waals surface area contributed by atoms with Gasteiger partial charge in [0.25, 0.3) is 5.91 Å². The molecule has 2 rings (SSSR count). The number of halogens is 6. The molecule has 154 valence electrons. The zero-order valence-electron chi connectivity index (χ0n) is 14.4. The van der Waals surface area contributed by atoms with Gasteiger partial charge in [0.1, 0.15) is 17.6 Å². The van der Waals surface area contributed by atoms with E-state index < -0.39 is 37.0 Å². The molecule has 0 fully saturated rings. The number of nitriles is 1. The second-order valence-electron chi connectivity index (χ2n) is 5.59. The number of hydrogen-bond acceptors (Lipinski definition) is 4. The average molecular weight is 418 g/mol. The monoisotopic (exact) mass is 418 g/mol. The molecule has 0 unspecified atom stereocenters. The van der Waals surface area contributed by atoms with Crippen LogP contribution in [0.15, 0.2) is 42.5 Å². The highest BCUT2D eigenvalue weighted by molar-refractivity contribution is 5.92. The summed E-state index contributed by atoms with van der Waals surface area (Å²) < 4.78 is 84.1. The Hall–Kier alpha value is -3.42. The number of rotatable bonds is 6. The van der Waals surface area contributed by atoms with Gasteiger partial charge >= 0.3 is 12.4 Å². The Morgan fingerprint density at radius 3 is 2.38 bits per heavy atom. The molecule has 1 N–H and O–H groups in total. The fraction of sp³-hybridized carbons (Fsp3) is 0.222. The van der Waals surface area contributed by atoms with E-state index in [1.165, 1.54) is 12.1 Å². The predicted molar refractivity (Wildman–Crippen MR) is 88.3 cm³/mol. The zero-order chi connectivity index (χ0) is 21.7. The molecule has 0 atom stereocenters. The van der Waals surface area contributed by atoms with Gasteiger partial charge < -0.3 is 14.8 Å². The number of carbonyl (C=O) groups excluding carboxylic acids is 1. The van der Waals surface area contributed by atoms with Crippen molar-refractivity contribution in [1.29, 1.82) is 5.26 Å².